The minimum absolute atomic E-state index is 0.0141. The Kier molecular flexibility index (Phi) is 6.92. The van der Waals surface area contributed by atoms with Gasteiger partial charge in [0.25, 0.3) is 11.6 Å². The third kappa shape index (κ3) is 4.56. The molecule has 0 bridgehead atoms. The molecule has 0 aliphatic carbocycles. The summed E-state index contributed by atoms with van der Waals surface area (Å²) < 4.78 is 10.7. The number of amides is 1. The quantitative estimate of drug-likeness (QED) is 0.492. The van der Waals surface area contributed by atoms with Crippen molar-refractivity contribution in [1.29, 1.82) is 0 Å². The topological polar surface area (TPSA) is 81.9 Å². The van der Waals surface area contributed by atoms with Crippen molar-refractivity contribution in [2.75, 3.05) is 20.8 Å². The van der Waals surface area contributed by atoms with Gasteiger partial charge in [0.05, 0.1) is 19.1 Å². The molecule has 1 unspecified atom stereocenters. The van der Waals surface area contributed by atoms with Crippen LogP contribution in [0, 0.1) is 17.0 Å². The number of methoxy groups -OCH3 is 2. The first kappa shape index (κ1) is 21.6. The summed E-state index contributed by atoms with van der Waals surface area (Å²) >= 11 is 0. The van der Waals surface area contributed by atoms with Gasteiger partial charge in [-0.3, -0.25) is 14.9 Å². The first-order chi connectivity index (χ1) is 14.5. The van der Waals surface area contributed by atoms with Crippen LogP contribution in [0.3, 0.4) is 0 Å². The van der Waals surface area contributed by atoms with E-state index in [0.717, 1.165) is 37.7 Å². The zero-order valence-electron chi connectivity index (χ0n) is 17.7. The third-order valence-corrected chi connectivity index (χ3v) is 5.83. The van der Waals surface area contributed by atoms with Crippen LogP contribution < -0.4 is 9.47 Å². The summed E-state index contributed by atoms with van der Waals surface area (Å²) in [5, 5.41) is 11.3. The van der Waals surface area contributed by atoms with E-state index in [1.165, 1.54) is 6.07 Å². The molecule has 3 rings (SSSR count). The number of hydrogen-bond acceptors (Lipinski definition) is 5. The highest BCUT2D eigenvalue weighted by molar-refractivity contribution is 5.96. The summed E-state index contributed by atoms with van der Waals surface area (Å²) in [6, 6.07) is 10.7. The maximum absolute atomic E-state index is 13.3. The molecule has 0 N–H and O–H groups in total. The van der Waals surface area contributed by atoms with E-state index < -0.39 is 4.92 Å². The summed E-state index contributed by atoms with van der Waals surface area (Å²) in [6.07, 6.45) is 4.60. The highest BCUT2D eigenvalue weighted by atomic mass is 16.6. The Hall–Kier alpha value is -3.09. The van der Waals surface area contributed by atoms with E-state index in [9.17, 15) is 14.9 Å². The number of nitrogens with zero attached hydrogens (tertiary/aromatic N) is 2. The number of rotatable bonds is 7. The van der Waals surface area contributed by atoms with Crippen molar-refractivity contribution in [3.05, 3.63) is 63.2 Å². The first-order valence-electron chi connectivity index (χ1n) is 10.2. The zero-order valence-corrected chi connectivity index (χ0v) is 17.7. The second-order valence-electron chi connectivity index (χ2n) is 7.58. The minimum Gasteiger partial charge on any atom is -0.493 e. The number of nitro benzene ring substituents is 1. The van der Waals surface area contributed by atoms with Gasteiger partial charge < -0.3 is 14.4 Å². The number of carbonyl (C=O) groups excluding carboxylic acids is 1. The molecule has 7 nitrogen and oxygen atoms in total. The Morgan fingerprint density at radius 3 is 2.63 bits per heavy atom. The molecule has 0 spiro atoms. The van der Waals surface area contributed by atoms with Gasteiger partial charge >= 0.3 is 0 Å². The molecule has 1 fully saturated rings. The molecule has 2 aromatic carbocycles. The number of aryl methyl sites for hydroxylation is 1. The van der Waals surface area contributed by atoms with Gasteiger partial charge in [-0.25, -0.2) is 0 Å². The summed E-state index contributed by atoms with van der Waals surface area (Å²) in [7, 11) is 3.23. The molecule has 1 amide bonds. The Labute approximate surface area is 176 Å². The Balaban J connectivity index is 1.76. The fourth-order valence-corrected chi connectivity index (χ4v) is 4.15. The van der Waals surface area contributed by atoms with Gasteiger partial charge in [-0.2, -0.15) is 0 Å². The molecule has 30 heavy (non-hydrogen) atoms. The number of nitro groups is 1. The first-order valence-corrected chi connectivity index (χ1v) is 10.2. The van der Waals surface area contributed by atoms with Gasteiger partial charge in [0.2, 0.25) is 0 Å². The number of likely N-dealkylation sites (tertiary alicyclic amines) is 1. The maximum atomic E-state index is 13.3. The molecule has 1 heterocycles. The average molecular weight is 412 g/mol. The number of piperidine rings is 1. The lowest BCUT2D eigenvalue weighted by atomic mass is 9.94. The minimum atomic E-state index is -0.434. The smallest absolute Gasteiger partial charge is 0.273 e. The Bertz CT molecular complexity index is 928. The van der Waals surface area contributed by atoms with Crippen molar-refractivity contribution < 1.29 is 19.2 Å². The highest BCUT2D eigenvalue weighted by Crippen LogP contribution is 2.30. The standard InChI is InChI=1S/C23H28N2O5/c1-16-19(8-6-9-20(16)25(27)28)23(26)24-14-5-4-7-18(24)12-10-17-11-13-21(29-2)22(15-17)30-3/h6,8-9,11,13,15,18H,4-5,7,10,12,14H2,1-3H3. The van der Waals surface area contributed by atoms with Crippen LogP contribution >= 0.6 is 0 Å². The van der Waals surface area contributed by atoms with Crippen LogP contribution in [0.2, 0.25) is 0 Å². The molecule has 160 valence electrons. The fraction of sp³-hybridized carbons (Fsp3) is 0.435. The Morgan fingerprint density at radius 1 is 1.17 bits per heavy atom. The van der Waals surface area contributed by atoms with Crippen molar-refractivity contribution in [3.8, 4) is 11.5 Å². The molecule has 0 aromatic heterocycles. The molecule has 1 atom stereocenters. The van der Waals surface area contributed by atoms with Gasteiger partial charge in [0.15, 0.2) is 11.5 Å². The Morgan fingerprint density at radius 2 is 1.93 bits per heavy atom. The molecule has 2 aromatic rings. The van der Waals surface area contributed by atoms with Crippen LogP contribution in [-0.2, 0) is 6.42 Å². The lowest BCUT2D eigenvalue weighted by Gasteiger charge is -2.36. The van der Waals surface area contributed by atoms with Gasteiger partial charge in [0, 0.05) is 29.8 Å². The summed E-state index contributed by atoms with van der Waals surface area (Å²) in [5.74, 6) is 1.27. The van der Waals surface area contributed by atoms with Crippen LogP contribution in [0.25, 0.3) is 0 Å². The van der Waals surface area contributed by atoms with Gasteiger partial charge in [-0.15, -0.1) is 0 Å². The van der Waals surface area contributed by atoms with Crippen LogP contribution in [0.4, 0.5) is 5.69 Å². The van der Waals surface area contributed by atoms with Crippen LogP contribution in [-0.4, -0.2) is 42.5 Å². The average Bonchev–Trinajstić information content (AvgIpc) is 2.77. The van der Waals surface area contributed by atoms with E-state index >= 15 is 0 Å². The van der Waals surface area contributed by atoms with Crippen molar-refractivity contribution in [1.82, 2.24) is 4.90 Å². The van der Waals surface area contributed by atoms with Gasteiger partial charge in [-0.1, -0.05) is 12.1 Å². The summed E-state index contributed by atoms with van der Waals surface area (Å²) in [4.78, 5) is 26.0. The van der Waals surface area contributed by atoms with E-state index in [-0.39, 0.29) is 17.6 Å². The predicted octanol–water partition coefficient (Wildman–Crippen LogP) is 4.55. The van der Waals surface area contributed by atoms with E-state index in [1.54, 1.807) is 33.3 Å². The summed E-state index contributed by atoms with van der Waals surface area (Å²) in [5.41, 5.74) is 1.95. The lowest BCUT2D eigenvalue weighted by molar-refractivity contribution is -0.385. The maximum Gasteiger partial charge on any atom is 0.273 e. The molecule has 0 saturated carbocycles. The zero-order chi connectivity index (χ0) is 21.7. The van der Waals surface area contributed by atoms with Crippen molar-refractivity contribution in [2.24, 2.45) is 0 Å². The van der Waals surface area contributed by atoms with Crippen LogP contribution in [0.15, 0.2) is 36.4 Å². The number of carbonyl (C=O) groups is 1. The summed E-state index contributed by atoms with van der Waals surface area (Å²) in [6.45, 7) is 2.32. The van der Waals surface area contributed by atoms with Crippen LogP contribution in [0.5, 0.6) is 11.5 Å². The molecular weight excluding hydrogens is 384 g/mol. The van der Waals surface area contributed by atoms with E-state index in [4.69, 9.17) is 9.47 Å². The monoisotopic (exact) mass is 412 g/mol. The SMILES string of the molecule is COc1ccc(CCC2CCCCN2C(=O)c2cccc([N+](=O)[O-])c2C)cc1OC. The second kappa shape index (κ2) is 9.61. The van der Waals surface area contributed by atoms with Crippen molar-refractivity contribution >= 4 is 11.6 Å². The lowest BCUT2D eigenvalue weighted by Crippen LogP contribution is -2.44. The second-order valence-corrected chi connectivity index (χ2v) is 7.58. The molecule has 7 heteroatoms. The van der Waals surface area contributed by atoms with Crippen LogP contribution in [0.1, 0.15) is 47.2 Å². The van der Waals surface area contributed by atoms with Gasteiger partial charge in [-0.05, 0) is 62.8 Å². The van der Waals surface area contributed by atoms with Crippen molar-refractivity contribution in [3.63, 3.8) is 0 Å². The van der Waals surface area contributed by atoms with E-state index in [2.05, 4.69) is 0 Å². The van der Waals surface area contributed by atoms with Crippen molar-refractivity contribution in [2.45, 2.75) is 45.1 Å². The number of ether oxygens (including phenoxy) is 2. The van der Waals surface area contributed by atoms with E-state index in [0.29, 0.717) is 29.2 Å². The third-order valence-electron chi connectivity index (χ3n) is 5.83. The predicted molar refractivity (Wildman–Crippen MR) is 114 cm³/mol. The molecule has 1 saturated heterocycles. The molecule has 1 aliphatic rings. The highest BCUT2D eigenvalue weighted by Gasteiger charge is 2.29. The number of benzene rings is 2. The fourth-order valence-electron chi connectivity index (χ4n) is 4.15. The molecule has 0 radical (unpaired) electrons. The van der Waals surface area contributed by atoms with E-state index in [1.807, 2.05) is 23.1 Å². The largest absolute Gasteiger partial charge is 0.493 e. The normalized spacial score (nSPS) is 16.2. The molecular formula is C23H28N2O5. The number of hydrogen-bond donors (Lipinski definition) is 0. The van der Waals surface area contributed by atoms with Gasteiger partial charge in [0.1, 0.15) is 0 Å². The molecule has 1 aliphatic heterocycles.